The second-order valence-electron chi connectivity index (χ2n) is 5.15. The maximum absolute atomic E-state index is 13.1. The van der Waals surface area contributed by atoms with E-state index in [1.165, 1.54) is 13.0 Å². The van der Waals surface area contributed by atoms with Gasteiger partial charge in [0.25, 0.3) is 0 Å². The van der Waals surface area contributed by atoms with Crippen molar-refractivity contribution >= 4 is 15.9 Å². The maximum atomic E-state index is 13.1. The van der Waals surface area contributed by atoms with Gasteiger partial charge in [-0.2, -0.15) is 0 Å². The zero-order valence-corrected chi connectivity index (χ0v) is 12.4. The Bertz CT molecular complexity index is 648. The zero-order valence-electron chi connectivity index (χ0n) is 11.6. The van der Waals surface area contributed by atoms with Gasteiger partial charge in [-0.3, -0.25) is 4.79 Å². The van der Waals surface area contributed by atoms with E-state index in [9.17, 15) is 17.6 Å². The summed E-state index contributed by atoms with van der Waals surface area (Å²) in [5.74, 6) is -0.914. The van der Waals surface area contributed by atoms with Crippen LogP contribution in [0.25, 0.3) is 0 Å². The molecule has 1 aliphatic rings. The van der Waals surface area contributed by atoms with E-state index in [1.54, 1.807) is 0 Å². The van der Waals surface area contributed by atoms with Gasteiger partial charge in [-0.1, -0.05) is 0 Å². The molecule has 21 heavy (non-hydrogen) atoms. The van der Waals surface area contributed by atoms with Crippen molar-refractivity contribution in [2.45, 2.75) is 36.7 Å². The second kappa shape index (κ2) is 6.08. The van der Waals surface area contributed by atoms with Gasteiger partial charge in [-0.25, -0.2) is 17.5 Å². The van der Waals surface area contributed by atoms with Gasteiger partial charge in [0.1, 0.15) is 5.82 Å². The summed E-state index contributed by atoms with van der Waals surface area (Å²) >= 11 is 0. The number of hydrogen-bond acceptors (Lipinski definition) is 4. The number of nitrogens with one attached hydrogen (secondary N) is 2. The summed E-state index contributed by atoms with van der Waals surface area (Å²) in [7, 11) is -3.84. The Hall–Kier alpha value is -1.51. The Morgan fingerprint density at radius 1 is 1.43 bits per heavy atom. The highest BCUT2D eigenvalue weighted by Crippen LogP contribution is 2.17. The van der Waals surface area contributed by atoms with Gasteiger partial charge in [0.15, 0.2) is 0 Å². The number of hydrogen-bond donors (Lipinski definition) is 3. The van der Waals surface area contributed by atoms with Crippen molar-refractivity contribution in [3.05, 3.63) is 29.6 Å². The molecule has 0 heterocycles. The summed E-state index contributed by atoms with van der Waals surface area (Å²) in [5.41, 5.74) is 5.91. The SMILES string of the molecule is Cc1cc(S(=O)(=O)NCC(=O)N[C@@H]2CC[C@@H]2N)ccc1F. The molecular weight excluding hydrogens is 297 g/mol. The lowest BCUT2D eigenvalue weighted by Crippen LogP contribution is -2.56. The van der Waals surface area contributed by atoms with Crippen molar-refractivity contribution in [1.82, 2.24) is 10.0 Å². The van der Waals surface area contributed by atoms with Gasteiger partial charge in [-0.05, 0) is 43.5 Å². The van der Waals surface area contributed by atoms with E-state index in [0.29, 0.717) is 0 Å². The molecule has 116 valence electrons. The molecule has 1 fully saturated rings. The van der Waals surface area contributed by atoms with Gasteiger partial charge in [0, 0.05) is 12.1 Å². The summed E-state index contributed by atoms with van der Waals surface area (Å²) in [6, 6.07) is 3.31. The van der Waals surface area contributed by atoms with Crippen LogP contribution < -0.4 is 15.8 Å². The van der Waals surface area contributed by atoms with E-state index < -0.39 is 21.7 Å². The fraction of sp³-hybridized carbons (Fsp3) is 0.462. The van der Waals surface area contributed by atoms with Crippen LogP contribution in [0.15, 0.2) is 23.1 Å². The van der Waals surface area contributed by atoms with Crippen molar-refractivity contribution in [2.75, 3.05) is 6.54 Å². The average Bonchev–Trinajstić information content (AvgIpc) is 2.44. The summed E-state index contributed by atoms with van der Waals surface area (Å²) in [4.78, 5) is 11.6. The van der Waals surface area contributed by atoms with Gasteiger partial charge in [0.05, 0.1) is 11.4 Å². The molecule has 1 saturated carbocycles. The highest BCUT2D eigenvalue weighted by Gasteiger charge is 2.28. The standard InChI is InChI=1S/C13H18FN3O3S/c1-8-6-9(2-3-10(8)14)21(19,20)16-7-13(18)17-12-5-4-11(12)15/h2-3,6,11-12,16H,4-5,7,15H2,1H3,(H,17,18)/t11-,12+/m0/s1. The van der Waals surface area contributed by atoms with Crippen LogP contribution >= 0.6 is 0 Å². The molecule has 2 rings (SSSR count). The van der Waals surface area contributed by atoms with E-state index in [0.717, 1.165) is 25.0 Å². The van der Waals surface area contributed by atoms with Crippen LogP contribution in [0.5, 0.6) is 0 Å². The summed E-state index contributed by atoms with van der Waals surface area (Å²) in [5, 5.41) is 2.66. The number of carbonyl (C=O) groups excluding carboxylic acids is 1. The predicted molar refractivity (Wildman–Crippen MR) is 75.5 cm³/mol. The molecule has 1 aromatic rings. The van der Waals surface area contributed by atoms with E-state index in [2.05, 4.69) is 10.0 Å². The van der Waals surface area contributed by atoms with Gasteiger partial charge < -0.3 is 11.1 Å². The minimum Gasteiger partial charge on any atom is -0.351 e. The lowest BCUT2D eigenvalue weighted by atomic mass is 9.87. The molecule has 0 unspecified atom stereocenters. The highest BCUT2D eigenvalue weighted by atomic mass is 32.2. The summed E-state index contributed by atoms with van der Waals surface area (Å²) in [6.07, 6.45) is 1.66. The van der Waals surface area contributed by atoms with Crippen LogP contribution in [0.1, 0.15) is 18.4 Å². The number of amides is 1. The van der Waals surface area contributed by atoms with Crippen LogP contribution in [0.4, 0.5) is 4.39 Å². The number of halogens is 1. The number of sulfonamides is 1. The molecule has 1 aliphatic carbocycles. The third-order valence-electron chi connectivity index (χ3n) is 3.54. The minimum atomic E-state index is -3.84. The average molecular weight is 315 g/mol. The van der Waals surface area contributed by atoms with E-state index in [4.69, 9.17) is 5.73 Å². The van der Waals surface area contributed by atoms with Crippen LogP contribution in [0.3, 0.4) is 0 Å². The summed E-state index contributed by atoms with van der Waals surface area (Å²) in [6.45, 7) is 1.10. The van der Waals surface area contributed by atoms with E-state index >= 15 is 0 Å². The quantitative estimate of drug-likeness (QED) is 0.713. The molecule has 0 saturated heterocycles. The smallest absolute Gasteiger partial charge is 0.241 e. The Morgan fingerprint density at radius 2 is 2.14 bits per heavy atom. The lowest BCUT2D eigenvalue weighted by molar-refractivity contribution is -0.121. The second-order valence-corrected chi connectivity index (χ2v) is 6.92. The van der Waals surface area contributed by atoms with Crippen LogP contribution in [-0.2, 0) is 14.8 Å². The van der Waals surface area contributed by atoms with E-state index in [-0.39, 0.29) is 29.1 Å². The molecule has 2 atom stereocenters. The largest absolute Gasteiger partial charge is 0.351 e. The molecule has 0 bridgehead atoms. The van der Waals surface area contributed by atoms with Crippen LogP contribution in [-0.4, -0.2) is 33.0 Å². The number of nitrogens with two attached hydrogens (primary N) is 1. The minimum absolute atomic E-state index is 0.0645. The lowest BCUT2D eigenvalue weighted by Gasteiger charge is -2.34. The normalized spacial score (nSPS) is 21.7. The Labute approximate surface area is 123 Å². The molecular formula is C13H18FN3O3S. The van der Waals surface area contributed by atoms with Gasteiger partial charge in [-0.15, -0.1) is 0 Å². The molecule has 4 N–H and O–H groups in total. The first kappa shape index (κ1) is 15.9. The first-order valence-corrected chi connectivity index (χ1v) is 8.08. The molecule has 0 radical (unpaired) electrons. The molecule has 1 aromatic carbocycles. The Balaban J connectivity index is 1.94. The number of rotatable bonds is 5. The summed E-state index contributed by atoms with van der Waals surface area (Å²) < 4.78 is 39.3. The van der Waals surface area contributed by atoms with E-state index in [1.807, 2.05) is 0 Å². The first-order chi connectivity index (χ1) is 9.79. The third kappa shape index (κ3) is 3.78. The van der Waals surface area contributed by atoms with Gasteiger partial charge in [0.2, 0.25) is 15.9 Å². The van der Waals surface area contributed by atoms with Crippen molar-refractivity contribution < 1.29 is 17.6 Å². The van der Waals surface area contributed by atoms with Crippen molar-refractivity contribution in [2.24, 2.45) is 5.73 Å². The Morgan fingerprint density at radius 3 is 2.67 bits per heavy atom. The topological polar surface area (TPSA) is 101 Å². The molecule has 6 nitrogen and oxygen atoms in total. The number of carbonyl (C=O) groups is 1. The zero-order chi connectivity index (χ0) is 15.6. The van der Waals surface area contributed by atoms with Crippen molar-refractivity contribution in [3.8, 4) is 0 Å². The molecule has 8 heteroatoms. The number of aryl methyl sites for hydroxylation is 1. The maximum Gasteiger partial charge on any atom is 0.241 e. The number of benzene rings is 1. The first-order valence-electron chi connectivity index (χ1n) is 6.60. The van der Waals surface area contributed by atoms with Crippen LogP contribution in [0.2, 0.25) is 0 Å². The fourth-order valence-electron chi connectivity index (χ4n) is 1.99. The predicted octanol–water partition coefficient (Wildman–Crippen LogP) is 0.0183. The molecule has 0 aromatic heterocycles. The fourth-order valence-corrected chi connectivity index (χ4v) is 3.06. The molecule has 0 aliphatic heterocycles. The van der Waals surface area contributed by atoms with Crippen molar-refractivity contribution in [1.29, 1.82) is 0 Å². The van der Waals surface area contributed by atoms with Gasteiger partial charge >= 0.3 is 0 Å². The third-order valence-corrected chi connectivity index (χ3v) is 4.94. The molecule has 1 amide bonds. The highest BCUT2D eigenvalue weighted by molar-refractivity contribution is 7.89. The Kier molecular flexibility index (Phi) is 4.60. The monoisotopic (exact) mass is 315 g/mol. The van der Waals surface area contributed by atoms with Crippen molar-refractivity contribution in [3.63, 3.8) is 0 Å². The molecule has 0 spiro atoms. The van der Waals surface area contributed by atoms with Crippen LogP contribution in [0, 0.1) is 12.7 Å².